The molecule has 0 radical (unpaired) electrons. The summed E-state index contributed by atoms with van der Waals surface area (Å²) in [7, 11) is 1.89. The van der Waals surface area contributed by atoms with E-state index in [-0.39, 0.29) is 0 Å². The first-order valence-corrected chi connectivity index (χ1v) is 6.99. The van der Waals surface area contributed by atoms with Gasteiger partial charge in [0.1, 0.15) is 0 Å². The molecule has 6 heteroatoms. The van der Waals surface area contributed by atoms with Gasteiger partial charge in [-0.05, 0) is 38.1 Å². The minimum absolute atomic E-state index is 0.335. The largest absolute Gasteiger partial charge is 0.416 e. The van der Waals surface area contributed by atoms with E-state index in [2.05, 4.69) is 21.2 Å². The molecule has 1 saturated heterocycles. The molecule has 1 fully saturated rings. The molecule has 1 atom stereocenters. The first-order chi connectivity index (χ1) is 8.90. The standard InChI is InChI=1S/C13H16BrF3N2/c1-18-11-3-2-4-19(8-11)12-6-9(13(15,16)17)5-10(14)7-12/h5-7,11,18H,2-4,8H2,1H3. The second-order valence-corrected chi connectivity index (χ2v) is 5.69. The molecule has 19 heavy (non-hydrogen) atoms. The third-order valence-corrected chi connectivity index (χ3v) is 3.86. The minimum Gasteiger partial charge on any atom is -0.370 e. The van der Waals surface area contributed by atoms with Gasteiger partial charge in [0.05, 0.1) is 5.56 Å². The molecule has 1 aliphatic rings. The van der Waals surface area contributed by atoms with Gasteiger partial charge in [-0.25, -0.2) is 0 Å². The van der Waals surface area contributed by atoms with Gasteiger partial charge in [0.2, 0.25) is 0 Å². The smallest absolute Gasteiger partial charge is 0.370 e. The first kappa shape index (κ1) is 14.7. The number of nitrogens with zero attached hydrogens (tertiary/aromatic N) is 1. The summed E-state index contributed by atoms with van der Waals surface area (Å²) in [6.07, 6.45) is -2.26. The van der Waals surface area contributed by atoms with Gasteiger partial charge >= 0.3 is 6.18 Å². The molecular weight excluding hydrogens is 321 g/mol. The molecule has 0 amide bonds. The number of hydrogen-bond donors (Lipinski definition) is 1. The van der Waals surface area contributed by atoms with Crippen LogP contribution in [-0.4, -0.2) is 26.2 Å². The Bertz CT molecular complexity index is 448. The zero-order valence-electron chi connectivity index (χ0n) is 10.6. The number of alkyl halides is 3. The Morgan fingerprint density at radius 3 is 2.68 bits per heavy atom. The molecule has 1 aromatic rings. The average molecular weight is 337 g/mol. The summed E-state index contributed by atoms with van der Waals surface area (Å²) in [4.78, 5) is 2.00. The summed E-state index contributed by atoms with van der Waals surface area (Å²) in [5, 5.41) is 3.19. The number of benzene rings is 1. The van der Waals surface area contributed by atoms with Crippen molar-refractivity contribution in [2.24, 2.45) is 0 Å². The predicted octanol–water partition coefficient (Wildman–Crippen LogP) is 3.66. The molecule has 1 heterocycles. The van der Waals surface area contributed by atoms with Crippen LogP contribution < -0.4 is 10.2 Å². The highest BCUT2D eigenvalue weighted by Crippen LogP contribution is 2.35. The lowest BCUT2D eigenvalue weighted by atomic mass is 10.0. The van der Waals surface area contributed by atoms with Crippen molar-refractivity contribution in [2.45, 2.75) is 25.1 Å². The molecule has 0 saturated carbocycles. The molecular formula is C13H16BrF3N2. The van der Waals surface area contributed by atoms with Crippen molar-refractivity contribution < 1.29 is 13.2 Å². The van der Waals surface area contributed by atoms with Gasteiger partial charge in [-0.2, -0.15) is 13.2 Å². The lowest BCUT2D eigenvalue weighted by Crippen LogP contribution is -2.44. The molecule has 0 spiro atoms. The van der Waals surface area contributed by atoms with Crippen LogP contribution in [0.1, 0.15) is 18.4 Å². The number of rotatable bonds is 2. The van der Waals surface area contributed by atoms with Crippen LogP contribution in [0, 0.1) is 0 Å². The molecule has 2 nitrogen and oxygen atoms in total. The Morgan fingerprint density at radius 2 is 2.05 bits per heavy atom. The van der Waals surface area contributed by atoms with Crippen molar-refractivity contribution in [2.75, 3.05) is 25.0 Å². The van der Waals surface area contributed by atoms with Crippen molar-refractivity contribution in [3.63, 3.8) is 0 Å². The van der Waals surface area contributed by atoms with Crippen LogP contribution in [0.3, 0.4) is 0 Å². The van der Waals surface area contributed by atoms with E-state index in [9.17, 15) is 13.2 Å². The molecule has 0 aliphatic carbocycles. The molecule has 1 aromatic carbocycles. The average Bonchev–Trinajstić information content (AvgIpc) is 2.37. The normalized spacial score (nSPS) is 20.7. The van der Waals surface area contributed by atoms with Gasteiger partial charge in [-0.3, -0.25) is 0 Å². The molecule has 0 aromatic heterocycles. The zero-order valence-corrected chi connectivity index (χ0v) is 12.2. The topological polar surface area (TPSA) is 15.3 Å². The Balaban J connectivity index is 2.26. The summed E-state index contributed by atoms with van der Waals surface area (Å²) >= 11 is 3.16. The summed E-state index contributed by atoms with van der Waals surface area (Å²) < 4.78 is 38.9. The second-order valence-electron chi connectivity index (χ2n) is 4.77. The van der Waals surface area contributed by atoms with Crippen molar-refractivity contribution >= 4 is 21.6 Å². The quantitative estimate of drug-likeness (QED) is 0.886. The summed E-state index contributed by atoms with van der Waals surface area (Å²) in [5.41, 5.74) is 0.0186. The van der Waals surface area contributed by atoms with Gasteiger partial charge in [0.25, 0.3) is 0 Å². The van der Waals surface area contributed by atoms with Crippen LogP contribution >= 0.6 is 15.9 Å². The van der Waals surface area contributed by atoms with E-state index in [1.807, 2.05) is 11.9 Å². The Hall–Kier alpha value is -0.750. The predicted molar refractivity (Wildman–Crippen MR) is 73.4 cm³/mol. The third-order valence-electron chi connectivity index (χ3n) is 3.40. The maximum Gasteiger partial charge on any atom is 0.416 e. The van der Waals surface area contributed by atoms with Gasteiger partial charge in [-0.15, -0.1) is 0 Å². The van der Waals surface area contributed by atoms with Gasteiger partial charge < -0.3 is 10.2 Å². The molecule has 1 N–H and O–H groups in total. The molecule has 2 rings (SSSR count). The van der Waals surface area contributed by atoms with Crippen molar-refractivity contribution in [1.82, 2.24) is 5.32 Å². The summed E-state index contributed by atoms with van der Waals surface area (Å²) in [6, 6.07) is 4.42. The van der Waals surface area contributed by atoms with Crippen LogP contribution in [0.4, 0.5) is 18.9 Å². The van der Waals surface area contributed by atoms with E-state index < -0.39 is 11.7 Å². The summed E-state index contributed by atoms with van der Waals surface area (Å²) in [6.45, 7) is 1.54. The van der Waals surface area contributed by atoms with E-state index in [0.29, 0.717) is 16.2 Å². The maximum atomic E-state index is 12.8. The van der Waals surface area contributed by atoms with Crippen LogP contribution in [-0.2, 0) is 6.18 Å². The molecule has 1 unspecified atom stereocenters. The van der Waals surface area contributed by atoms with Crippen LogP contribution in [0.2, 0.25) is 0 Å². The Labute approximate surface area is 119 Å². The van der Waals surface area contributed by atoms with E-state index >= 15 is 0 Å². The molecule has 106 valence electrons. The van der Waals surface area contributed by atoms with Crippen LogP contribution in [0.5, 0.6) is 0 Å². The fourth-order valence-corrected chi connectivity index (χ4v) is 2.85. The number of halogens is 4. The third kappa shape index (κ3) is 3.63. The SMILES string of the molecule is CNC1CCCN(c2cc(Br)cc(C(F)(F)F)c2)C1. The monoisotopic (exact) mass is 336 g/mol. The lowest BCUT2D eigenvalue weighted by Gasteiger charge is -2.34. The van der Waals surface area contributed by atoms with Crippen LogP contribution in [0.25, 0.3) is 0 Å². The molecule has 0 bridgehead atoms. The van der Waals surface area contributed by atoms with Gasteiger partial charge in [0.15, 0.2) is 0 Å². The highest BCUT2D eigenvalue weighted by Gasteiger charge is 2.32. The zero-order chi connectivity index (χ0) is 14.0. The molecule has 1 aliphatic heterocycles. The first-order valence-electron chi connectivity index (χ1n) is 6.20. The van der Waals surface area contributed by atoms with Crippen molar-refractivity contribution in [1.29, 1.82) is 0 Å². The number of hydrogen-bond acceptors (Lipinski definition) is 2. The fraction of sp³-hybridized carbons (Fsp3) is 0.538. The second kappa shape index (κ2) is 5.71. The lowest BCUT2D eigenvalue weighted by molar-refractivity contribution is -0.137. The van der Waals surface area contributed by atoms with Crippen molar-refractivity contribution in [3.05, 3.63) is 28.2 Å². The highest BCUT2D eigenvalue weighted by molar-refractivity contribution is 9.10. The Morgan fingerprint density at radius 1 is 1.32 bits per heavy atom. The van der Waals surface area contributed by atoms with Gasteiger partial charge in [0, 0.05) is 29.3 Å². The van der Waals surface area contributed by atoms with Gasteiger partial charge in [-0.1, -0.05) is 15.9 Å². The van der Waals surface area contributed by atoms with E-state index in [0.717, 1.165) is 32.0 Å². The van der Waals surface area contributed by atoms with E-state index in [1.165, 1.54) is 6.07 Å². The number of nitrogens with one attached hydrogen (secondary N) is 1. The highest BCUT2D eigenvalue weighted by atomic mass is 79.9. The number of likely N-dealkylation sites (N-methyl/N-ethyl adjacent to an activating group) is 1. The van der Waals surface area contributed by atoms with E-state index in [4.69, 9.17) is 0 Å². The number of anilines is 1. The number of piperidine rings is 1. The van der Waals surface area contributed by atoms with Crippen molar-refractivity contribution in [3.8, 4) is 0 Å². The fourth-order valence-electron chi connectivity index (χ4n) is 2.37. The van der Waals surface area contributed by atoms with E-state index in [1.54, 1.807) is 6.07 Å². The maximum absolute atomic E-state index is 12.8. The minimum atomic E-state index is -4.31. The van der Waals surface area contributed by atoms with Crippen LogP contribution in [0.15, 0.2) is 22.7 Å². The summed E-state index contributed by atoms with van der Waals surface area (Å²) in [5.74, 6) is 0. The Kier molecular flexibility index (Phi) is 4.40.